The Hall–Kier alpha value is -1.81. The second-order valence-corrected chi connectivity index (χ2v) is 4.89. The van der Waals surface area contributed by atoms with E-state index in [0.717, 1.165) is 24.2 Å². The van der Waals surface area contributed by atoms with E-state index in [-0.39, 0.29) is 5.82 Å². The molecule has 19 heavy (non-hydrogen) atoms. The maximum absolute atomic E-state index is 14.2. The van der Waals surface area contributed by atoms with Crippen molar-refractivity contribution in [2.45, 2.75) is 32.0 Å². The largest absolute Gasteiger partial charge is 0.467 e. The Bertz CT molecular complexity index is 549. The summed E-state index contributed by atoms with van der Waals surface area (Å²) in [5.74, 6) is 0.638. The molecule has 3 rings (SSSR count). The van der Waals surface area contributed by atoms with E-state index in [4.69, 9.17) is 10.2 Å². The van der Waals surface area contributed by atoms with E-state index in [0.29, 0.717) is 24.8 Å². The van der Waals surface area contributed by atoms with Crippen molar-refractivity contribution in [1.82, 2.24) is 0 Å². The Kier molecular flexibility index (Phi) is 3.25. The third-order valence-electron chi connectivity index (χ3n) is 3.47. The molecule has 1 aromatic carbocycles. The van der Waals surface area contributed by atoms with Crippen molar-refractivity contribution in [3.63, 3.8) is 0 Å². The smallest absolute Gasteiger partial charge is 0.146 e. The van der Waals surface area contributed by atoms with Gasteiger partial charge in [0.05, 0.1) is 18.5 Å². The lowest BCUT2D eigenvalue weighted by Crippen LogP contribution is -2.27. The second-order valence-electron chi connectivity index (χ2n) is 4.89. The van der Waals surface area contributed by atoms with Crippen LogP contribution in [0.4, 0.5) is 10.1 Å². The molecule has 0 spiro atoms. The maximum Gasteiger partial charge on any atom is 0.146 e. The van der Waals surface area contributed by atoms with E-state index >= 15 is 0 Å². The highest BCUT2D eigenvalue weighted by atomic mass is 19.1. The first-order valence-electron chi connectivity index (χ1n) is 6.56. The van der Waals surface area contributed by atoms with Crippen LogP contribution in [0, 0.1) is 5.82 Å². The molecule has 1 heterocycles. The molecule has 1 saturated carbocycles. The van der Waals surface area contributed by atoms with Gasteiger partial charge in [-0.3, -0.25) is 0 Å². The number of halogens is 1. The first-order valence-corrected chi connectivity index (χ1v) is 6.56. The zero-order chi connectivity index (χ0) is 13.2. The van der Waals surface area contributed by atoms with Crippen LogP contribution in [0.2, 0.25) is 0 Å². The van der Waals surface area contributed by atoms with Crippen LogP contribution in [-0.2, 0) is 13.1 Å². The summed E-state index contributed by atoms with van der Waals surface area (Å²) in [6, 6.07) is 9.25. The molecule has 0 atom stereocenters. The highest BCUT2D eigenvalue weighted by Gasteiger charge is 2.32. The summed E-state index contributed by atoms with van der Waals surface area (Å²) >= 11 is 0. The molecule has 3 nitrogen and oxygen atoms in total. The van der Waals surface area contributed by atoms with E-state index in [9.17, 15) is 4.39 Å². The van der Waals surface area contributed by atoms with Gasteiger partial charge in [-0.25, -0.2) is 4.39 Å². The minimum absolute atomic E-state index is 0.207. The molecule has 0 amide bonds. The number of anilines is 1. The summed E-state index contributed by atoms with van der Waals surface area (Å²) in [7, 11) is 0. The number of nitrogens with zero attached hydrogens (tertiary/aromatic N) is 1. The number of nitrogens with two attached hydrogens (primary N) is 1. The molecule has 0 unspecified atom stereocenters. The van der Waals surface area contributed by atoms with E-state index in [1.165, 1.54) is 6.07 Å². The first kappa shape index (κ1) is 12.2. The topological polar surface area (TPSA) is 42.4 Å². The van der Waals surface area contributed by atoms with Crippen LogP contribution >= 0.6 is 0 Å². The summed E-state index contributed by atoms with van der Waals surface area (Å²) in [6.45, 7) is 0.931. The van der Waals surface area contributed by atoms with E-state index in [2.05, 4.69) is 4.90 Å². The number of furan rings is 1. The van der Waals surface area contributed by atoms with Crippen molar-refractivity contribution in [3.8, 4) is 0 Å². The number of hydrogen-bond donors (Lipinski definition) is 1. The summed E-state index contributed by atoms with van der Waals surface area (Å²) in [5.41, 5.74) is 7.21. The van der Waals surface area contributed by atoms with E-state index in [1.54, 1.807) is 12.3 Å². The van der Waals surface area contributed by atoms with Gasteiger partial charge in [0.25, 0.3) is 0 Å². The van der Waals surface area contributed by atoms with Gasteiger partial charge in [0, 0.05) is 12.6 Å². The molecule has 0 aliphatic heterocycles. The van der Waals surface area contributed by atoms with Gasteiger partial charge in [-0.05, 0) is 36.6 Å². The summed E-state index contributed by atoms with van der Waals surface area (Å²) < 4.78 is 19.6. The molecule has 0 saturated heterocycles. The molecule has 0 bridgehead atoms. The van der Waals surface area contributed by atoms with Gasteiger partial charge in [0.15, 0.2) is 0 Å². The average molecular weight is 260 g/mol. The Balaban J connectivity index is 1.96. The van der Waals surface area contributed by atoms with Crippen molar-refractivity contribution in [2.75, 3.05) is 4.90 Å². The molecule has 1 aliphatic carbocycles. The molecule has 1 aromatic heterocycles. The quantitative estimate of drug-likeness (QED) is 0.898. The zero-order valence-electron chi connectivity index (χ0n) is 10.7. The van der Waals surface area contributed by atoms with Crippen LogP contribution in [0.5, 0.6) is 0 Å². The fourth-order valence-electron chi connectivity index (χ4n) is 2.39. The number of hydrogen-bond acceptors (Lipinski definition) is 3. The van der Waals surface area contributed by atoms with Crippen molar-refractivity contribution < 1.29 is 8.81 Å². The standard InChI is InChI=1S/C15H17FN2O/c16-14-5-1-3-11(9-17)15(14)18(12-6-7-12)10-13-4-2-8-19-13/h1-5,8,12H,6-7,9-10,17H2. The number of rotatable bonds is 5. The van der Waals surface area contributed by atoms with Crippen LogP contribution in [0.25, 0.3) is 0 Å². The molecule has 2 aromatic rings. The number of para-hydroxylation sites is 1. The summed E-state index contributed by atoms with van der Waals surface area (Å²) in [5, 5.41) is 0. The maximum atomic E-state index is 14.2. The van der Waals surface area contributed by atoms with Crippen molar-refractivity contribution in [1.29, 1.82) is 0 Å². The predicted octanol–water partition coefficient (Wildman–Crippen LogP) is 3.05. The molecule has 0 radical (unpaired) electrons. The van der Waals surface area contributed by atoms with Crippen molar-refractivity contribution in [2.24, 2.45) is 5.73 Å². The highest BCUT2D eigenvalue weighted by molar-refractivity contribution is 5.56. The molecule has 4 heteroatoms. The third-order valence-corrected chi connectivity index (χ3v) is 3.47. The van der Waals surface area contributed by atoms with E-state index in [1.807, 2.05) is 18.2 Å². The van der Waals surface area contributed by atoms with Crippen LogP contribution < -0.4 is 10.6 Å². The Morgan fingerprint density at radius 1 is 1.26 bits per heavy atom. The summed E-state index contributed by atoms with van der Waals surface area (Å²) in [4.78, 5) is 2.08. The van der Waals surface area contributed by atoms with Gasteiger partial charge in [0.1, 0.15) is 11.6 Å². The van der Waals surface area contributed by atoms with Gasteiger partial charge in [-0.2, -0.15) is 0 Å². The van der Waals surface area contributed by atoms with Crippen LogP contribution in [-0.4, -0.2) is 6.04 Å². The van der Waals surface area contributed by atoms with Gasteiger partial charge >= 0.3 is 0 Å². The molecular formula is C15H17FN2O. The minimum atomic E-state index is -0.207. The lowest BCUT2D eigenvalue weighted by atomic mass is 10.1. The normalized spacial score (nSPS) is 14.6. The lowest BCUT2D eigenvalue weighted by molar-refractivity contribution is 0.498. The Morgan fingerprint density at radius 3 is 2.74 bits per heavy atom. The second kappa shape index (κ2) is 5.05. The summed E-state index contributed by atoms with van der Waals surface area (Å²) in [6.07, 6.45) is 3.84. The fraction of sp³-hybridized carbons (Fsp3) is 0.333. The SMILES string of the molecule is NCc1cccc(F)c1N(Cc1ccco1)C1CC1. The molecule has 1 aliphatic rings. The minimum Gasteiger partial charge on any atom is -0.467 e. The third kappa shape index (κ3) is 2.49. The van der Waals surface area contributed by atoms with Crippen molar-refractivity contribution >= 4 is 5.69 Å². The highest BCUT2D eigenvalue weighted by Crippen LogP contribution is 2.36. The van der Waals surface area contributed by atoms with Crippen LogP contribution in [0.1, 0.15) is 24.2 Å². The zero-order valence-corrected chi connectivity index (χ0v) is 10.7. The van der Waals surface area contributed by atoms with Gasteiger partial charge in [-0.1, -0.05) is 12.1 Å². The van der Waals surface area contributed by atoms with E-state index < -0.39 is 0 Å². The molecular weight excluding hydrogens is 243 g/mol. The average Bonchev–Trinajstić information content (AvgIpc) is 3.14. The molecule has 1 fully saturated rings. The fourth-order valence-corrected chi connectivity index (χ4v) is 2.39. The van der Waals surface area contributed by atoms with Crippen LogP contribution in [0.3, 0.4) is 0 Å². The van der Waals surface area contributed by atoms with Crippen LogP contribution in [0.15, 0.2) is 41.0 Å². The van der Waals surface area contributed by atoms with Gasteiger partial charge in [0.2, 0.25) is 0 Å². The predicted molar refractivity (Wildman–Crippen MR) is 72.2 cm³/mol. The lowest BCUT2D eigenvalue weighted by Gasteiger charge is -2.26. The molecule has 2 N–H and O–H groups in total. The Labute approximate surface area is 111 Å². The van der Waals surface area contributed by atoms with Crippen molar-refractivity contribution in [3.05, 3.63) is 53.7 Å². The number of benzene rings is 1. The monoisotopic (exact) mass is 260 g/mol. The van der Waals surface area contributed by atoms with Gasteiger partial charge in [-0.15, -0.1) is 0 Å². The first-order chi connectivity index (χ1) is 9.29. The molecule has 100 valence electrons. The Morgan fingerprint density at radius 2 is 2.11 bits per heavy atom. The van der Waals surface area contributed by atoms with Gasteiger partial charge < -0.3 is 15.1 Å².